The van der Waals surface area contributed by atoms with E-state index < -0.39 is 17.7 Å². The van der Waals surface area contributed by atoms with Crippen molar-refractivity contribution in [3.63, 3.8) is 0 Å². The number of urea groups is 2. The zero-order chi connectivity index (χ0) is 15.9. The minimum atomic E-state index is -1.10. The summed E-state index contributed by atoms with van der Waals surface area (Å²) in [7, 11) is 0. The number of ether oxygens (including phenoxy) is 2. The van der Waals surface area contributed by atoms with Crippen LogP contribution >= 0.6 is 0 Å². The first-order valence-electron chi connectivity index (χ1n) is 7.37. The SMILES string of the molecule is C=CCN1C(=O)N(CC2CO2)C(=O)N(CC2CO2)C1(C)CO. The van der Waals surface area contributed by atoms with Crippen molar-refractivity contribution in [1.29, 1.82) is 0 Å². The highest BCUT2D eigenvalue weighted by Crippen LogP contribution is 2.31. The van der Waals surface area contributed by atoms with Gasteiger partial charge in [0.2, 0.25) is 0 Å². The van der Waals surface area contributed by atoms with Gasteiger partial charge in [0.05, 0.1) is 45.1 Å². The molecular weight excluding hydrogens is 290 g/mol. The monoisotopic (exact) mass is 311 g/mol. The molecule has 3 unspecified atom stereocenters. The fraction of sp³-hybridized carbons (Fsp3) is 0.714. The smallest absolute Gasteiger partial charge is 0.330 e. The van der Waals surface area contributed by atoms with E-state index in [1.807, 2.05) is 0 Å². The van der Waals surface area contributed by atoms with Crippen molar-refractivity contribution in [2.45, 2.75) is 24.8 Å². The van der Waals surface area contributed by atoms with Gasteiger partial charge in [-0.25, -0.2) is 14.5 Å². The normalized spacial score (nSPS) is 34.2. The van der Waals surface area contributed by atoms with Crippen LogP contribution in [-0.4, -0.2) is 89.2 Å². The van der Waals surface area contributed by atoms with Gasteiger partial charge in [-0.15, -0.1) is 6.58 Å². The molecule has 0 saturated carbocycles. The van der Waals surface area contributed by atoms with E-state index in [4.69, 9.17) is 9.47 Å². The largest absolute Gasteiger partial charge is 0.392 e. The molecule has 0 spiro atoms. The van der Waals surface area contributed by atoms with Crippen LogP contribution in [0.1, 0.15) is 6.92 Å². The molecule has 122 valence electrons. The molecule has 0 radical (unpaired) electrons. The van der Waals surface area contributed by atoms with Crippen LogP contribution in [0.5, 0.6) is 0 Å². The van der Waals surface area contributed by atoms with Crippen molar-refractivity contribution < 1.29 is 24.2 Å². The van der Waals surface area contributed by atoms with Gasteiger partial charge in [-0.2, -0.15) is 0 Å². The Morgan fingerprint density at radius 2 is 1.77 bits per heavy atom. The van der Waals surface area contributed by atoms with Crippen molar-refractivity contribution in [3.05, 3.63) is 12.7 Å². The van der Waals surface area contributed by atoms with Crippen LogP contribution in [0.25, 0.3) is 0 Å². The Balaban J connectivity index is 1.90. The molecule has 3 heterocycles. The molecule has 0 aromatic carbocycles. The minimum absolute atomic E-state index is 0.0346. The van der Waals surface area contributed by atoms with Crippen molar-refractivity contribution in [3.8, 4) is 0 Å². The van der Waals surface area contributed by atoms with Crippen LogP contribution in [-0.2, 0) is 9.47 Å². The first kappa shape index (κ1) is 15.3. The summed E-state index contributed by atoms with van der Waals surface area (Å²) in [6.07, 6.45) is 1.46. The Bertz CT molecular complexity index is 491. The predicted molar refractivity (Wildman–Crippen MR) is 76.1 cm³/mol. The summed E-state index contributed by atoms with van der Waals surface area (Å²) in [5.74, 6) is 0. The Kier molecular flexibility index (Phi) is 3.84. The van der Waals surface area contributed by atoms with Crippen LogP contribution in [0.4, 0.5) is 9.59 Å². The lowest BCUT2D eigenvalue weighted by Gasteiger charge is -2.53. The summed E-state index contributed by atoms with van der Waals surface area (Å²) in [5, 5.41) is 9.86. The molecule has 3 aliphatic heterocycles. The van der Waals surface area contributed by atoms with Crippen molar-refractivity contribution in [1.82, 2.24) is 14.7 Å². The van der Waals surface area contributed by atoms with Gasteiger partial charge in [0.25, 0.3) is 0 Å². The van der Waals surface area contributed by atoms with E-state index >= 15 is 0 Å². The number of aliphatic hydroxyl groups excluding tert-OH is 1. The zero-order valence-electron chi connectivity index (χ0n) is 12.6. The maximum Gasteiger partial charge on any atom is 0.330 e. The molecule has 0 bridgehead atoms. The van der Waals surface area contributed by atoms with E-state index in [1.165, 1.54) is 14.7 Å². The number of epoxide rings is 2. The zero-order valence-corrected chi connectivity index (χ0v) is 12.6. The van der Waals surface area contributed by atoms with Crippen LogP contribution in [0.3, 0.4) is 0 Å². The first-order chi connectivity index (χ1) is 10.5. The lowest BCUT2D eigenvalue weighted by molar-refractivity contribution is -0.0625. The quantitative estimate of drug-likeness (QED) is 0.521. The third kappa shape index (κ3) is 2.57. The number of hydrogen-bond donors (Lipinski definition) is 1. The predicted octanol–water partition coefficient (Wildman–Crippen LogP) is -0.162. The van der Waals surface area contributed by atoms with E-state index in [1.54, 1.807) is 13.0 Å². The average Bonchev–Trinajstić information content (AvgIpc) is 3.39. The van der Waals surface area contributed by atoms with Crippen LogP contribution < -0.4 is 0 Å². The molecular formula is C14H21N3O5. The van der Waals surface area contributed by atoms with E-state index in [0.717, 1.165) is 0 Å². The number of nitrogens with zero attached hydrogens (tertiary/aromatic N) is 3. The Morgan fingerprint density at radius 3 is 2.27 bits per heavy atom. The fourth-order valence-electron chi connectivity index (χ4n) is 2.69. The summed E-state index contributed by atoms with van der Waals surface area (Å²) < 4.78 is 10.3. The summed E-state index contributed by atoms with van der Waals surface area (Å²) in [6.45, 7) is 6.96. The molecule has 1 N–H and O–H groups in total. The number of carbonyl (C=O) groups is 2. The van der Waals surface area contributed by atoms with Gasteiger partial charge in [-0.1, -0.05) is 6.08 Å². The number of imide groups is 1. The highest BCUT2D eigenvalue weighted by Gasteiger charge is 2.53. The molecule has 0 aliphatic carbocycles. The first-order valence-corrected chi connectivity index (χ1v) is 7.37. The number of rotatable bonds is 7. The molecule has 3 aliphatic rings. The molecule has 4 amide bonds. The van der Waals surface area contributed by atoms with Crippen LogP contribution in [0, 0.1) is 0 Å². The molecule has 3 rings (SSSR count). The molecule has 3 atom stereocenters. The third-order valence-corrected chi connectivity index (χ3v) is 4.27. The van der Waals surface area contributed by atoms with E-state index in [0.29, 0.717) is 19.8 Å². The van der Waals surface area contributed by atoms with Crippen LogP contribution in [0.15, 0.2) is 12.7 Å². The average molecular weight is 311 g/mol. The number of carbonyl (C=O) groups excluding carboxylic acids is 2. The number of aliphatic hydroxyl groups is 1. The fourth-order valence-corrected chi connectivity index (χ4v) is 2.69. The van der Waals surface area contributed by atoms with Gasteiger partial charge < -0.3 is 14.6 Å². The van der Waals surface area contributed by atoms with Gasteiger partial charge in [-0.3, -0.25) is 9.80 Å². The Hall–Kier alpha value is -1.64. The molecule has 0 aromatic rings. The van der Waals surface area contributed by atoms with Gasteiger partial charge >= 0.3 is 12.1 Å². The van der Waals surface area contributed by atoms with Gasteiger partial charge in [0, 0.05) is 6.54 Å². The van der Waals surface area contributed by atoms with E-state index in [-0.39, 0.29) is 31.9 Å². The van der Waals surface area contributed by atoms with Crippen molar-refractivity contribution >= 4 is 12.1 Å². The lowest BCUT2D eigenvalue weighted by Crippen LogP contribution is -2.74. The standard InChI is InChI=1S/C14H21N3O5/c1-3-4-16-12(19)15(5-10-7-21-10)13(20)17(6-11-8-22-11)14(16,2)9-18/h3,10-11,18H,1,4-9H2,2H3. The third-order valence-electron chi connectivity index (χ3n) is 4.27. The van der Waals surface area contributed by atoms with Crippen molar-refractivity contribution in [2.75, 3.05) is 39.5 Å². The maximum absolute atomic E-state index is 12.7. The van der Waals surface area contributed by atoms with E-state index in [9.17, 15) is 14.7 Å². The Labute approximate surface area is 128 Å². The molecule has 3 fully saturated rings. The molecule has 8 heteroatoms. The van der Waals surface area contributed by atoms with E-state index in [2.05, 4.69) is 6.58 Å². The summed E-state index contributed by atoms with van der Waals surface area (Å²) in [5.41, 5.74) is -1.10. The summed E-state index contributed by atoms with van der Waals surface area (Å²) in [6, 6.07) is -0.835. The topological polar surface area (TPSA) is 89.2 Å². The second kappa shape index (κ2) is 5.53. The van der Waals surface area contributed by atoms with Gasteiger partial charge in [0.1, 0.15) is 5.66 Å². The van der Waals surface area contributed by atoms with Gasteiger partial charge in [-0.05, 0) is 6.92 Å². The lowest BCUT2D eigenvalue weighted by atomic mass is 10.1. The van der Waals surface area contributed by atoms with Gasteiger partial charge in [0.15, 0.2) is 0 Å². The summed E-state index contributed by atoms with van der Waals surface area (Å²) >= 11 is 0. The maximum atomic E-state index is 12.7. The van der Waals surface area contributed by atoms with Crippen molar-refractivity contribution in [2.24, 2.45) is 0 Å². The second-order valence-corrected chi connectivity index (χ2v) is 5.97. The minimum Gasteiger partial charge on any atom is -0.392 e. The highest BCUT2D eigenvalue weighted by molar-refractivity contribution is 5.97. The Morgan fingerprint density at radius 1 is 1.23 bits per heavy atom. The highest BCUT2D eigenvalue weighted by atomic mass is 16.6. The molecule has 0 aromatic heterocycles. The number of amides is 4. The molecule has 3 saturated heterocycles. The van der Waals surface area contributed by atoms with Crippen LogP contribution in [0.2, 0.25) is 0 Å². The summed E-state index contributed by atoms with van der Waals surface area (Å²) in [4.78, 5) is 29.6. The molecule has 22 heavy (non-hydrogen) atoms. The number of hydrogen-bond acceptors (Lipinski definition) is 5. The second-order valence-electron chi connectivity index (χ2n) is 5.97. The molecule has 8 nitrogen and oxygen atoms in total.